The molecule has 11 rings (SSSR count). The van der Waals surface area contributed by atoms with Crippen molar-refractivity contribution >= 4 is 53.4 Å². The van der Waals surface area contributed by atoms with Crippen LogP contribution in [-0.2, 0) is 0 Å². The van der Waals surface area contributed by atoms with Gasteiger partial charge >= 0.3 is 0 Å². The Balaban J connectivity index is 1.02. The summed E-state index contributed by atoms with van der Waals surface area (Å²) in [6, 6.07) is 63.5. The molecule has 0 aliphatic rings. The first kappa shape index (κ1) is 32.2. The van der Waals surface area contributed by atoms with Crippen LogP contribution >= 0.6 is 11.3 Å². The summed E-state index contributed by atoms with van der Waals surface area (Å²) in [7, 11) is 0. The maximum atomic E-state index is 6.74. The van der Waals surface area contributed by atoms with Crippen molar-refractivity contribution in [3.05, 3.63) is 188 Å². The van der Waals surface area contributed by atoms with Crippen molar-refractivity contribution in [1.29, 1.82) is 0 Å². The highest BCUT2D eigenvalue weighted by atomic mass is 32.1. The number of hydrogen-bond donors (Lipinski definition) is 0. The van der Waals surface area contributed by atoms with E-state index < -0.39 is 0 Å². The van der Waals surface area contributed by atoms with Gasteiger partial charge in [-0.15, -0.1) is 11.3 Å². The van der Waals surface area contributed by atoms with Crippen LogP contribution in [0.5, 0.6) is 0 Å². The van der Waals surface area contributed by atoms with Crippen LogP contribution < -0.4 is 0 Å². The molecule has 0 atom stereocenters. The van der Waals surface area contributed by atoms with Crippen LogP contribution in [0.25, 0.3) is 110 Å². The molecule has 0 saturated heterocycles. The van der Waals surface area contributed by atoms with Gasteiger partial charge in [-0.25, -0.2) is 9.97 Å². The van der Waals surface area contributed by atoms with E-state index in [1.165, 1.54) is 25.7 Å². The summed E-state index contributed by atoms with van der Waals surface area (Å²) in [4.78, 5) is 14.7. The molecule has 4 heterocycles. The lowest BCUT2D eigenvalue weighted by Gasteiger charge is -2.12. The molecular weight excluding hydrogens is 703 g/mol. The SMILES string of the molecule is c1ccc(-c2nc(-c3ccc(-c4ccccn4)cc3)cc(-c3ccc(-c4ccc(-c5cccc6c5sc5ccccc56)c5oc6ccccc6c45)cc3)n2)cc1. The molecule has 0 fully saturated rings. The summed E-state index contributed by atoms with van der Waals surface area (Å²) in [6.45, 7) is 0. The van der Waals surface area contributed by atoms with Crippen LogP contribution in [0.15, 0.2) is 193 Å². The quantitative estimate of drug-likeness (QED) is 0.171. The van der Waals surface area contributed by atoms with E-state index in [2.05, 4.69) is 145 Å². The van der Waals surface area contributed by atoms with Crippen LogP contribution in [0.2, 0.25) is 0 Å². The first-order valence-electron chi connectivity index (χ1n) is 18.7. The number of hydrogen-bond acceptors (Lipinski definition) is 5. The van der Waals surface area contributed by atoms with Crippen molar-refractivity contribution in [1.82, 2.24) is 15.0 Å². The van der Waals surface area contributed by atoms with Crippen molar-refractivity contribution in [2.45, 2.75) is 0 Å². The molecule has 0 N–H and O–H groups in total. The minimum absolute atomic E-state index is 0.687. The third-order valence-electron chi connectivity index (χ3n) is 10.6. The summed E-state index contributed by atoms with van der Waals surface area (Å²) in [5, 5.41) is 4.79. The highest BCUT2D eigenvalue weighted by Crippen LogP contribution is 2.46. The predicted octanol–water partition coefficient (Wildman–Crippen LogP) is 14.1. The number of pyridine rings is 1. The average Bonchev–Trinajstić information content (AvgIpc) is 3.86. The minimum Gasteiger partial charge on any atom is -0.455 e. The van der Waals surface area contributed by atoms with Gasteiger partial charge in [0.25, 0.3) is 0 Å². The van der Waals surface area contributed by atoms with Gasteiger partial charge in [0.05, 0.1) is 17.1 Å². The molecule has 0 spiro atoms. The Morgan fingerprint density at radius 3 is 1.79 bits per heavy atom. The number of nitrogens with zero attached hydrogens (tertiary/aromatic N) is 3. The Morgan fingerprint density at radius 2 is 1.04 bits per heavy atom. The zero-order valence-electron chi connectivity index (χ0n) is 30.1. The molecule has 0 radical (unpaired) electrons. The first-order valence-corrected chi connectivity index (χ1v) is 19.5. The molecule has 0 bridgehead atoms. The summed E-state index contributed by atoms with van der Waals surface area (Å²) < 4.78 is 9.31. The molecule has 4 nitrogen and oxygen atoms in total. The second-order valence-electron chi connectivity index (χ2n) is 13.9. The molecule has 0 aliphatic heterocycles. The topological polar surface area (TPSA) is 51.8 Å². The number of fused-ring (bicyclic) bond motifs is 6. The second kappa shape index (κ2) is 13.3. The second-order valence-corrected chi connectivity index (χ2v) is 15.0. The lowest BCUT2D eigenvalue weighted by Crippen LogP contribution is -1.96. The molecule has 0 saturated carbocycles. The van der Waals surface area contributed by atoms with Gasteiger partial charge < -0.3 is 4.42 Å². The summed E-state index contributed by atoms with van der Waals surface area (Å²) in [6.07, 6.45) is 1.82. The molecule has 262 valence electrons. The third-order valence-corrected chi connectivity index (χ3v) is 11.8. The molecule has 56 heavy (non-hydrogen) atoms. The van der Waals surface area contributed by atoms with E-state index >= 15 is 0 Å². The summed E-state index contributed by atoms with van der Waals surface area (Å²) in [5.41, 5.74) is 13.0. The lowest BCUT2D eigenvalue weighted by atomic mass is 9.93. The van der Waals surface area contributed by atoms with Gasteiger partial charge in [-0.3, -0.25) is 4.98 Å². The van der Waals surface area contributed by atoms with E-state index in [1.807, 2.05) is 60.0 Å². The number of thiophene rings is 1. The first-order chi connectivity index (χ1) is 27.7. The fraction of sp³-hybridized carbons (Fsp3) is 0. The van der Waals surface area contributed by atoms with Crippen molar-refractivity contribution in [3.8, 4) is 67.4 Å². The average molecular weight is 734 g/mol. The maximum absolute atomic E-state index is 6.74. The number of benzene rings is 7. The Hall–Kier alpha value is -7.21. The highest BCUT2D eigenvalue weighted by Gasteiger charge is 2.20. The Kier molecular flexibility index (Phi) is 7.64. The van der Waals surface area contributed by atoms with Crippen LogP contribution in [0.3, 0.4) is 0 Å². The van der Waals surface area contributed by atoms with Crippen molar-refractivity contribution < 1.29 is 4.42 Å². The zero-order valence-corrected chi connectivity index (χ0v) is 30.9. The van der Waals surface area contributed by atoms with E-state index in [4.69, 9.17) is 14.4 Å². The summed E-state index contributed by atoms with van der Waals surface area (Å²) >= 11 is 1.84. The normalized spacial score (nSPS) is 11.6. The Morgan fingerprint density at radius 1 is 0.411 bits per heavy atom. The third kappa shape index (κ3) is 5.48. The van der Waals surface area contributed by atoms with E-state index in [0.717, 1.165) is 78.0 Å². The Labute approximate surface area is 327 Å². The predicted molar refractivity (Wildman–Crippen MR) is 233 cm³/mol. The van der Waals surface area contributed by atoms with Crippen LogP contribution in [0, 0.1) is 0 Å². The van der Waals surface area contributed by atoms with Crippen molar-refractivity contribution in [2.24, 2.45) is 0 Å². The zero-order chi connectivity index (χ0) is 37.0. The highest BCUT2D eigenvalue weighted by molar-refractivity contribution is 7.26. The van der Waals surface area contributed by atoms with Crippen LogP contribution in [0.4, 0.5) is 0 Å². The lowest BCUT2D eigenvalue weighted by molar-refractivity contribution is 0.670. The molecular formula is C51H31N3OS. The number of aromatic nitrogens is 3. The van der Waals surface area contributed by atoms with Crippen molar-refractivity contribution in [3.63, 3.8) is 0 Å². The molecule has 4 aromatic heterocycles. The van der Waals surface area contributed by atoms with E-state index in [9.17, 15) is 0 Å². The molecule has 0 unspecified atom stereocenters. The molecule has 0 amide bonds. The van der Waals surface area contributed by atoms with Crippen molar-refractivity contribution in [2.75, 3.05) is 0 Å². The van der Waals surface area contributed by atoms with E-state index in [-0.39, 0.29) is 0 Å². The van der Waals surface area contributed by atoms with Gasteiger partial charge in [-0.1, -0.05) is 146 Å². The minimum atomic E-state index is 0.687. The van der Waals surface area contributed by atoms with Gasteiger partial charge in [-0.2, -0.15) is 0 Å². The number of furan rings is 1. The van der Waals surface area contributed by atoms with Gasteiger partial charge in [0.2, 0.25) is 0 Å². The molecule has 7 aromatic carbocycles. The Bertz CT molecular complexity index is 3220. The standard InChI is InChI=1S/C51H31N3OS/c1-2-11-36(12-3-1)51-53-44(31-45(54-51)35-26-24-33(25-27-35)43-17-8-9-30-52-43)34-22-20-32(21-23-34)37-28-29-39(49-48(37)42-14-4-6-18-46(42)55-49)41-16-10-15-40-38-13-5-7-19-47(38)56-50(40)41/h1-31H. The number of rotatable bonds is 6. The van der Waals surface area contributed by atoms with Gasteiger partial charge in [0, 0.05) is 70.5 Å². The van der Waals surface area contributed by atoms with Crippen LogP contribution in [-0.4, -0.2) is 15.0 Å². The maximum Gasteiger partial charge on any atom is 0.160 e. The van der Waals surface area contributed by atoms with Gasteiger partial charge in [0.15, 0.2) is 5.82 Å². The fourth-order valence-corrected chi connectivity index (χ4v) is 9.10. The largest absolute Gasteiger partial charge is 0.455 e. The smallest absolute Gasteiger partial charge is 0.160 e. The monoisotopic (exact) mass is 733 g/mol. The fourth-order valence-electron chi connectivity index (χ4n) is 7.87. The number of para-hydroxylation sites is 1. The van der Waals surface area contributed by atoms with Crippen LogP contribution in [0.1, 0.15) is 0 Å². The van der Waals surface area contributed by atoms with Gasteiger partial charge in [0.1, 0.15) is 11.2 Å². The van der Waals surface area contributed by atoms with Gasteiger partial charge in [-0.05, 0) is 47.5 Å². The molecule has 0 aliphatic carbocycles. The van der Waals surface area contributed by atoms with E-state index in [1.54, 1.807) is 0 Å². The summed E-state index contributed by atoms with van der Waals surface area (Å²) in [5.74, 6) is 0.687. The molecule has 5 heteroatoms. The molecule has 11 aromatic rings. The van der Waals surface area contributed by atoms with E-state index in [0.29, 0.717) is 5.82 Å².